The number of benzene rings is 8. The van der Waals surface area contributed by atoms with E-state index in [1.165, 1.54) is 103 Å². The third-order valence-corrected chi connectivity index (χ3v) is 18.5. The summed E-state index contributed by atoms with van der Waals surface area (Å²) in [6.45, 7) is 7.30. The van der Waals surface area contributed by atoms with Gasteiger partial charge in [-0.1, -0.05) is 94.9 Å². The van der Waals surface area contributed by atoms with Crippen molar-refractivity contribution in [3.8, 4) is 160 Å². The first-order valence-electron chi connectivity index (χ1n) is 35.1. The number of H-pyrrole nitrogens is 4. The second-order valence-corrected chi connectivity index (χ2v) is 27.7. The zero-order valence-corrected chi connectivity index (χ0v) is 65.1. The normalized spacial score (nSPS) is 11.8. The van der Waals surface area contributed by atoms with E-state index in [0.717, 1.165) is 63.4 Å². The summed E-state index contributed by atoms with van der Waals surface area (Å²) < 4.78 is 241. The van der Waals surface area contributed by atoms with Gasteiger partial charge in [-0.3, -0.25) is 0 Å². The lowest BCUT2D eigenvalue weighted by Gasteiger charge is -2.11. The summed E-state index contributed by atoms with van der Waals surface area (Å²) in [5.74, 6) is 2.53. The summed E-state index contributed by atoms with van der Waals surface area (Å²) in [4.78, 5) is 30.5. The monoisotopic (exact) mass is 1760 g/mol. The number of halogens is 20. The highest BCUT2D eigenvalue weighted by molar-refractivity contribution is 6.32. The molecule has 8 aromatic heterocycles. The molecule has 0 bridgehead atoms. The molecule has 0 atom stereocenters. The lowest BCUT2D eigenvalue weighted by atomic mass is 10.1. The molecule has 16 nitrogen and oxygen atoms in total. The van der Waals surface area contributed by atoms with Crippen molar-refractivity contribution in [2.45, 2.75) is 59.3 Å². The second-order valence-electron chi connectivity index (χ2n) is 26.0. The van der Waals surface area contributed by atoms with Gasteiger partial charge in [0.15, 0.2) is 46.3 Å². The lowest BCUT2D eigenvalue weighted by Crippen LogP contribution is -2.17. The average Bonchev–Trinajstić information content (AvgIpc) is 1.68. The Balaban J connectivity index is 0.000000139. The Morgan fingerprint density at radius 1 is 0.289 bits per heavy atom. The number of alkyl halides is 15. The maximum atomic E-state index is 13.2. The molecule has 8 heterocycles. The number of nitrogens with one attached hydrogen (secondary N) is 4. The fraction of sp³-hybridized carbons (Fsp3) is 0.106. The molecule has 0 saturated heterocycles. The molecule has 0 amide bonds. The van der Waals surface area contributed by atoms with Crippen LogP contribution in [0.5, 0.6) is 23.0 Å². The van der Waals surface area contributed by atoms with Crippen LogP contribution in [0.1, 0.15) is 28.3 Å². The van der Waals surface area contributed by atoms with E-state index in [9.17, 15) is 70.2 Å². The Labute approximate surface area is 693 Å². The fourth-order valence-electron chi connectivity index (χ4n) is 12.0. The van der Waals surface area contributed by atoms with E-state index in [1.54, 1.807) is 91.9 Å². The minimum Gasteiger partial charge on any atom is -0.453 e. The van der Waals surface area contributed by atoms with Crippen molar-refractivity contribution in [1.29, 1.82) is 0 Å². The maximum absolute atomic E-state index is 13.2. The molecule has 16 aromatic rings. The van der Waals surface area contributed by atoms with Gasteiger partial charge >= 0.3 is 31.6 Å². The summed E-state index contributed by atoms with van der Waals surface area (Å²) >= 11 is 23.5. The number of ether oxygens (including phenoxy) is 4. The van der Waals surface area contributed by atoms with E-state index in [-0.39, 0.29) is 44.5 Å². The predicted octanol–water partition coefficient (Wildman–Crippen LogP) is 28.6. The molecule has 16 rings (SSSR count). The van der Waals surface area contributed by atoms with Crippen molar-refractivity contribution in [2.24, 2.45) is 0 Å². The van der Waals surface area contributed by atoms with Gasteiger partial charge in [-0.25, -0.2) is 24.3 Å². The van der Waals surface area contributed by atoms with E-state index >= 15 is 0 Å². The van der Waals surface area contributed by atoms with Crippen LogP contribution in [-0.2, 0) is 6.18 Å². The molecule has 0 aliphatic carbocycles. The molecular weight excluding hydrogens is 1710 g/mol. The van der Waals surface area contributed by atoms with Crippen LogP contribution in [-0.4, -0.2) is 65.3 Å². The van der Waals surface area contributed by atoms with Crippen LogP contribution in [0.3, 0.4) is 0 Å². The Bertz CT molecular complexity index is 6090. The van der Waals surface area contributed by atoms with Gasteiger partial charge in [-0.2, -0.15) is 13.2 Å². The van der Waals surface area contributed by atoms with Gasteiger partial charge in [0.25, 0.3) is 0 Å². The van der Waals surface area contributed by atoms with Crippen LogP contribution >= 0.6 is 46.4 Å². The van der Waals surface area contributed by atoms with E-state index in [0.29, 0.717) is 101 Å². The third-order valence-electron chi connectivity index (χ3n) is 17.4. The highest BCUT2D eigenvalue weighted by Gasteiger charge is 2.36. The molecule has 4 N–H and O–H groups in total. The molecule has 622 valence electrons. The van der Waals surface area contributed by atoms with Gasteiger partial charge < -0.3 is 56.6 Å². The first-order chi connectivity index (χ1) is 57.2. The number of rotatable bonds is 16. The standard InChI is InChI=1S/C22H14F6N2O2.C21H13Cl2F3N2O2.C21H13ClF4N2O2.C21H14ClF3N2O2/c1-12-19(13-6-8-14(9-7-13)21(23,24)25)30-20(29-12)18-11-10-16(31-18)15-4-2-3-5-17(15)32-22(26,27)28;1-11-19(12-2-5-14(22)6-3-12)28-20(27-11)17-9-8-16(29-17)13-4-7-15(23)18(10-13)30-21(24,25)26;1-11-19(12-2-5-14(23)6-3-12)28-20(27-11)17-9-8-16(29-17)13-4-7-15(22)18(10-13)30-21(24,25)26;1-12-19(14-2-6-15(22)7-3-14)27-20(26-12)18-11-10-17(28-18)13-4-8-16(9-5-13)29-21(23,24)25/h2-11H,1H3,(H,29,30);2*2-10H,1H3,(H,27,28);2-11H,1H3,(H,26,27). The Morgan fingerprint density at radius 2 is 0.579 bits per heavy atom. The fourth-order valence-corrected chi connectivity index (χ4v) is 12.5. The van der Waals surface area contributed by atoms with E-state index in [2.05, 4.69) is 58.8 Å². The quantitative estimate of drug-likeness (QED) is 0.0667. The smallest absolute Gasteiger partial charge is 0.453 e. The van der Waals surface area contributed by atoms with Gasteiger partial charge in [-0.15, -0.1) is 52.7 Å². The largest absolute Gasteiger partial charge is 0.573 e. The first kappa shape index (κ1) is 85.8. The Kier molecular flexibility index (Phi) is 24.9. The zero-order valence-electron chi connectivity index (χ0n) is 62.1. The van der Waals surface area contributed by atoms with E-state index < -0.39 is 54.4 Å². The highest BCUT2D eigenvalue weighted by atomic mass is 35.5. The zero-order chi connectivity index (χ0) is 86.6. The maximum Gasteiger partial charge on any atom is 0.573 e. The van der Waals surface area contributed by atoms with Crippen LogP contribution in [0.25, 0.3) is 137 Å². The SMILES string of the molecule is Cc1[nH]c(-c2ccc(-c3ccc(Cl)c(OC(F)(F)F)c3)o2)nc1-c1ccc(Cl)cc1.Cc1[nH]c(-c2ccc(-c3ccc(Cl)c(OC(F)(F)F)c3)o2)nc1-c1ccc(F)cc1.Cc1[nH]c(-c2ccc(-c3ccc(OC(F)(F)F)cc3)o2)nc1-c1ccc(Cl)cc1.Cc1[nH]c(-c2ccc(-c3ccccc3OC(F)(F)F)o2)nc1-c1ccc(C(F)(F)F)cc1. The van der Waals surface area contributed by atoms with Crippen LogP contribution in [0.15, 0.2) is 248 Å². The first-order valence-corrected chi connectivity index (χ1v) is 36.6. The number of imidazole rings is 4. The van der Waals surface area contributed by atoms with Gasteiger partial charge in [0, 0.05) is 71.8 Å². The van der Waals surface area contributed by atoms with Crippen LogP contribution in [0, 0.1) is 33.5 Å². The third kappa shape index (κ3) is 21.9. The Hall–Kier alpha value is -13.0. The van der Waals surface area contributed by atoms with Crippen molar-refractivity contribution in [1.82, 2.24) is 39.9 Å². The van der Waals surface area contributed by atoms with E-state index in [4.69, 9.17) is 64.1 Å². The van der Waals surface area contributed by atoms with Crippen molar-refractivity contribution in [2.75, 3.05) is 0 Å². The number of aromatic amines is 4. The molecular formula is C85H54Cl4F16N8O8. The van der Waals surface area contributed by atoms with Gasteiger partial charge in [-0.05, 0) is 210 Å². The number of hydrogen-bond donors (Lipinski definition) is 4. The van der Waals surface area contributed by atoms with Crippen molar-refractivity contribution in [3.05, 3.63) is 285 Å². The summed E-state index contributed by atoms with van der Waals surface area (Å²) in [5, 5.41) is 0.940. The second kappa shape index (κ2) is 35.1. The summed E-state index contributed by atoms with van der Waals surface area (Å²) in [5.41, 5.74) is 9.30. The summed E-state index contributed by atoms with van der Waals surface area (Å²) in [6.07, 6.45) is -23.7. The van der Waals surface area contributed by atoms with Gasteiger partial charge in [0.2, 0.25) is 0 Å². The van der Waals surface area contributed by atoms with Crippen molar-refractivity contribution >= 4 is 46.4 Å². The molecule has 8 aromatic carbocycles. The molecule has 36 heteroatoms. The lowest BCUT2D eigenvalue weighted by molar-refractivity contribution is -0.275. The molecule has 121 heavy (non-hydrogen) atoms. The minimum absolute atomic E-state index is 0.0994. The number of furan rings is 4. The number of hydrogen-bond acceptors (Lipinski definition) is 12. The molecule has 0 unspecified atom stereocenters. The number of aromatic nitrogens is 8. The molecule has 0 radical (unpaired) electrons. The molecule has 0 fully saturated rings. The van der Waals surface area contributed by atoms with Crippen molar-refractivity contribution in [3.63, 3.8) is 0 Å². The molecule has 0 spiro atoms. The molecule has 0 saturated carbocycles. The van der Waals surface area contributed by atoms with Gasteiger partial charge in [0.05, 0.1) is 43.9 Å². The minimum atomic E-state index is -4.86. The van der Waals surface area contributed by atoms with Crippen molar-refractivity contribution < 1.29 is 107 Å². The predicted molar refractivity (Wildman–Crippen MR) is 419 cm³/mol. The van der Waals surface area contributed by atoms with Crippen LogP contribution < -0.4 is 18.9 Å². The van der Waals surface area contributed by atoms with Crippen LogP contribution in [0.2, 0.25) is 20.1 Å². The number of nitrogens with zero attached hydrogens (tertiary/aromatic N) is 4. The summed E-state index contributed by atoms with van der Waals surface area (Å²) in [6, 6.07) is 57.1. The molecule has 0 aliphatic rings. The molecule has 0 aliphatic heterocycles. The highest BCUT2D eigenvalue weighted by Crippen LogP contribution is 2.43. The van der Waals surface area contributed by atoms with Crippen LogP contribution in [0.4, 0.5) is 70.2 Å². The number of para-hydroxylation sites is 1. The average molecular weight is 1760 g/mol. The Morgan fingerprint density at radius 3 is 0.934 bits per heavy atom. The van der Waals surface area contributed by atoms with Gasteiger partial charge in [0.1, 0.15) is 51.9 Å². The van der Waals surface area contributed by atoms with E-state index in [1.807, 2.05) is 45.0 Å². The topological polar surface area (TPSA) is 204 Å². The summed E-state index contributed by atoms with van der Waals surface area (Å²) in [7, 11) is 0. The number of aryl methyl sites for hydroxylation is 4.